The molecule has 0 bridgehead atoms. The van der Waals surface area contributed by atoms with Crippen LogP contribution in [0.15, 0.2) is 83.4 Å². The average Bonchev–Trinajstić information content (AvgIpc) is 3.69. The lowest BCUT2D eigenvalue weighted by Gasteiger charge is -2.39. The van der Waals surface area contributed by atoms with Gasteiger partial charge in [0.05, 0.1) is 17.9 Å². The highest BCUT2D eigenvalue weighted by Crippen LogP contribution is 2.55. The van der Waals surface area contributed by atoms with Crippen molar-refractivity contribution in [2.24, 2.45) is 11.3 Å². The summed E-state index contributed by atoms with van der Waals surface area (Å²) in [6.45, 7) is 1.86. The minimum absolute atomic E-state index is 0.116. The van der Waals surface area contributed by atoms with Crippen LogP contribution in [0, 0.1) is 11.3 Å². The number of alkyl halides is 3. The Labute approximate surface area is 237 Å². The fraction of sp³-hybridized carbons (Fsp3) is 0.290. The topological polar surface area (TPSA) is 115 Å². The van der Waals surface area contributed by atoms with Gasteiger partial charge in [-0.05, 0) is 53.0 Å². The van der Waals surface area contributed by atoms with Crippen molar-refractivity contribution in [2.75, 3.05) is 6.54 Å². The van der Waals surface area contributed by atoms with Crippen molar-refractivity contribution >= 4 is 22.8 Å². The Kier molecular flexibility index (Phi) is 5.57. The van der Waals surface area contributed by atoms with Gasteiger partial charge in [-0.15, -0.1) is 0 Å². The van der Waals surface area contributed by atoms with Crippen LogP contribution in [0.5, 0.6) is 5.75 Å². The van der Waals surface area contributed by atoms with E-state index in [1.54, 1.807) is 13.0 Å². The van der Waals surface area contributed by atoms with Crippen LogP contribution < -0.4 is 10.1 Å². The third-order valence-corrected chi connectivity index (χ3v) is 8.70. The summed E-state index contributed by atoms with van der Waals surface area (Å²) in [7, 11) is 0. The molecule has 11 heteroatoms. The fourth-order valence-corrected chi connectivity index (χ4v) is 7.01. The van der Waals surface area contributed by atoms with Gasteiger partial charge in [-0.3, -0.25) is 9.59 Å². The number of carbonyl (C=O) groups excluding carboxylic acids is 1. The highest BCUT2D eigenvalue weighted by atomic mass is 19.4. The summed E-state index contributed by atoms with van der Waals surface area (Å²) in [6.07, 6.45) is -2.74. The molecule has 8 nitrogen and oxygen atoms in total. The van der Waals surface area contributed by atoms with E-state index in [1.165, 1.54) is 11.0 Å². The number of carboxylic acid groups (broad SMARTS) is 1. The molecule has 0 spiro atoms. The van der Waals surface area contributed by atoms with E-state index in [1.807, 2.05) is 42.5 Å². The molecule has 1 amide bonds. The van der Waals surface area contributed by atoms with Gasteiger partial charge < -0.3 is 30.2 Å². The summed E-state index contributed by atoms with van der Waals surface area (Å²) < 4.78 is 47.3. The van der Waals surface area contributed by atoms with Crippen LogP contribution in [-0.2, 0) is 11.2 Å². The molecule has 4 aliphatic rings. The molecule has 0 saturated heterocycles. The zero-order chi connectivity index (χ0) is 29.6. The summed E-state index contributed by atoms with van der Waals surface area (Å²) in [5.41, 5.74) is 0.872. The molecule has 1 aliphatic carbocycles. The standard InChI is InChI=1S/C31H26F3N3O5/c1-15-14-37(21-11-22(38)28-30(27(15)21,13-26(39)40)12-25(36-28)31(32,33)34)29(41)20-9-18-8-17(6-7-19(18)35-20)24-10-16-4-2-3-5-23(16)42-24/h2-9,11-12,15,24,28,35-36,38H,10,13-14H2,1H3,(H,39,40). The van der Waals surface area contributed by atoms with Crippen LogP contribution in [0.4, 0.5) is 13.2 Å². The molecule has 2 aromatic carbocycles. The Bertz CT molecular complexity index is 1750. The first-order valence-electron chi connectivity index (χ1n) is 13.6. The molecule has 3 aromatic rings. The van der Waals surface area contributed by atoms with E-state index in [-0.39, 0.29) is 24.0 Å². The predicted molar refractivity (Wildman–Crippen MR) is 145 cm³/mol. The van der Waals surface area contributed by atoms with Gasteiger partial charge in [0.1, 0.15) is 29.0 Å². The van der Waals surface area contributed by atoms with Crippen molar-refractivity contribution in [1.82, 2.24) is 15.2 Å². The number of aliphatic hydroxyl groups is 1. The number of halogens is 3. The maximum Gasteiger partial charge on any atom is 0.430 e. The number of para-hydroxylation sites is 1. The van der Waals surface area contributed by atoms with Gasteiger partial charge >= 0.3 is 12.1 Å². The molecule has 1 aromatic heterocycles. The van der Waals surface area contributed by atoms with Crippen LogP contribution in [0.25, 0.3) is 10.9 Å². The monoisotopic (exact) mass is 577 g/mol. The van der Waals surface area contributed by atoms with Crippen molar-refractivity contribution in [2.45, 2.75) is 38.1 Å². The number of aliphatic carboxylic acids is 1. The van der Waals surface area contributed by atoms with Gasteiger partial charge in [-0.2, -0.15) is 13.2 Å². The van der Waals surface area contributed by atoms with Gasteiger partial charge in [0.25, 0.3) is 5.91 Å². The number of hydrogen-bond acceptors (Lipinski definition) is 5. The van der Waals surface area contributed by atoms with Gasteiger partial charge in [0, 0.05) is 35.6 Å². The summed E-state index contributed by atoms with van der Waals surface area (Å²) in [6, 6.07) is 14.0. The minimum atomic E-state index is -4.77. The number of nitrogens with zero attached hydrogens (tertiary/aromatic N) is 1. The SMILES string of the molecule is CC1CN(C(=O)c2cc3cc(C4Cc5ccccc5O4)ccc3[nH]2)C2=C1C1(CC(=O)O)C=C(C(F)(F)F)NC1C(O)=C2. The van der Waals surface area contributed by atoms with Crippen LogP contribution in [0.3, 0.4) is 0 Å². The number of benzene rings is 2. The number of rotatable bonds is 4. The number of fused-ring (bicyclic) bond motifs is 4. The number of H-pyrrole nitrogens is 1. The van der Waals surface area contributed by atoms with E-state index in [0.29, 0.717) is 5.57 Å². The van der Waals surface area contributed by atoms with Gasteiger partial charge in [0.2, 0.25) is 0 Å². The quantitative estimate of drug-likeness (QED) is 0.325. The zero-order valence-electron chi connectivity index (χ0n) is 22.3. The molecule has 0 fully saturated rings. The van der Waals surface area contributed by atoms with E-state index in [4.69, 9.17) is 4.74 Å². The molecule has 4 heterocycles. The van der Waals surface area contributed by atoms with Crippen molar-refractivity contribution in [1.29, 1.82) is 0 Å². The lowest BCUT2D eigenvalue weighted by atomic mass is 9.66. The first kappa shape index (κ1) is 26.2. The van der Waals surface area contributed by atoms with Gasteiger partial charge in [-0.1, -0.05) is 31.2 Å². The Morgan fingerprint density at radius 2 is 1.95 bits per heavy atom. The summed E-state index contributed by atoms with van der Waals surface area (Å²) >= 11 is 0. The number of aliphatic hydroxyl groups excluding tert-OH is 1. The molecule has 0 radical (unpaired) electrons. The minimum Gasteiger partial charge on any atom is -0.510 e. The number of aromatic nitrogens is 1. The highest BCUT2D eigenvalue weighted by Gasteiger charge is 2.58. The third kappa shape index (κ3) is 3.90. The van der Waals surface area contributed by atoms with Crippen LogP contribution >= 0.6 is 0 Å². The summed E-state index contributed by atoms with van der Waals surface area (Å²) in [4.78, 5) is 30.3. The lowest BCUT2D eigenvalue weighted by Crippen LogP contribution is -2.46. The second-order valence-corrected chi connectivity index (χ2v) is 11.4. The second kappa shape index (κ2) is 8.91. The molecule has 4 N–H and O–H groups in total. The third-order valence-electron chi connectivity index (χ3n) is 8.70. The van der Waals surface area contributed by atoms with E-state index >= 15 is 0 Å². The number of carbonyl (C=O) groups is 2. The van der Waals surface area contributed by atoms with Crippen LogP contribution in [-0.4, -0.2) is 50.7 Å². The Balaban J connectivity index is 1.24. The maximum absolute atomic E-state index is 13.9. The van der Waals surface area contributed by atoms with Crippen LogP contribution in [0.2, 0.25) is 0 Å². The van der Waals surface area contributed by atoms with E-state index in [0.717, 1.165) is 40.3 Å². The largest absolute Gasteiger partial charge is 0.510 e. The molecule has 7 rings (SSSR count). The van der Waals surface area contributed by atoms with Gasteiger partial charge in [-0.25, -0.2) is 0 Å². The molecule has 4 atom stereocenters. The Morgan fingerprint density at radius 1 is 1.17 bits per heavy atom. The Hall–Kier alpha value is -4.67. The summed E-state index contributed by atoms with van der Waals surface area (Å²) in [5.74, 6) is -1.83. The van der Waals surface area contributed by atoms with E-state index < -0.39 is 53.3 Å². The summed E-state index contributed by atoms with van der Waals surface area (Å²) in [5, 5.41) is 23.7. The number of amides is 1. The zero-order valence-corrected chi connectivity index (χ0v) is 22.3. The van der Waals surface area contributed by atoms with Crippen molar-refractivity contribution in [3.8, 4) is 5.75 Å². The second-order valence-electron chi connectivity index (χ2n) is 11.4. The van der Waals surface area contributed by atoms with E-state index in [9.17, 15) is 33.0 Å². The number of ether oxygens (including phenoxy) is 1. The first-order chi connectivity index (χ1) is 19.9. The average molecular weight is 578 g/mol. The number of allylic oxidation sites excluding steroid dienone is 2. The van der Waals surface area contributed by atoms with E-state index in [2.05, 4.69) is 10.3 Å². The smallest absolute Gasteiger partial charge is 0.430 e. The molecule has 3 aliphatic heterocycles. The molecule has 0 saturated carbocycles. The molecule has 42 heavy (non-hydrogen) atoms. The highest BCUT2D eigenvalue weighted by molar-refractivity contribution is 5.99. The molecule has 216 valence electrons. The van der Waals surface area contributed by atoms with Crippen molar-refractivity contribution in [3.63, 3.8) is 0 Å². The van der Waals surface area contributed by atoms with Crippen molar-refractivity contribution < 1.29 is 37.7 Å². The molecular formula is C31H26F3N3O5. The molecular weight excluding hydrogens is 551 g/mol. The maximum atomic E-state index is 13.9. The van der Waals surface area contributed by atoms with Crippen LogP contribution in [0.1, 0.15) is 41.1 Å². The first-order valence-corrected chi connectivity index (χ1v) is 13.6. The molecule has 4 unspecified atom stereocenters. The number of carboxylic acids is 1. The predicted octanol–water partition coefficient (Wildman–Crippen LogP) is 5.52. The van der Waals surface area contributed by atoms with Crippen molar-refractivity contribution in [3.05, 3.63) is 100 Å². The number of hydrogen-bond donors (Lipinski definition) is 4. The van der Waals surface area contributed by atoms with Gasteiger partial charge in [0.15, 0.2) is 0 Å². The number of aromatic amines is 1. The normalized spacial score (nSPS) is 26.3. The lowest BCUT2D eigenvalue weighted by molar-refractivity contribution is -0.138. The Morgan fingerprint density at radius 3 is 2.69 bits per heavy atom. The number of nitrogens with one attached hydrogen (secondary N) is 2. The fourth-order valence-electron chi connectivity index (χ4n) is 7.01.